The summed E-state index contributed by atoms with van der Waals surface area (Å²) in [6, 6.07) is 8.00. The van der Waals surface area contributed by atoms with E-state index in [2.05, 4.69) is 19.9 Å². The van der Waals surface area contributed by atoms with Gasteiger partial charge in [0, 0.05) is 0 Å². The Labute approximate surface area is 81.4 Å². The first-order chi connectivity index (χ1) is 6.25. The molecule has 0 amide bonds. The minimum Gasteiger partial charge on any atom is -0.392 e. The summed E-state index contributed by atoms with van der Waals surface area (Å²) in [5.41, 5.74) is 2.29. The lowest BCUT2D eigenvalue weighted by molar-refractivity contribution is 0.280. The summed E-state index contributed by atoms with van der Waals surface area (Å²) in [7, 11) is 0. The summed E-state index contributed by atoms with van der Waals surface area (Å²) < 4.78 is 0. The van der Waals surface area contributed by atoms with Crippen LogP contribution in [-0.4, -0.2) is 5.11 Å². The molecule has 13 heavy (non-hydrogen) atoms. The van der Waals surface area contributed by atoms with Crippen LogP contribution in [0, 0.1) is 0 Å². The summed E-state index contributed by atoms with van der Waals surface area (Å²) in [4.78, 5) is 0. The second-order valence-corrected chi connectivity index (χ2v) is 3.01. The molecule has 0 radical (unpaired) electrons. The molecule has 1 aromatic rings. The number of aliphatic hydroxyl groups is 1. The summed E-state index contributed by atoms with van der Waals surface area (Å²) in [5, 5.41) is 8.97. The van der Waals surface area contributed by atoms with Gasteiger partial charge in [0.1, 0.15) is 0 Å². The molecule has 0 bridgehead atoms. The molecule has 0 heterocycles. The number of hydrogen-bond donors (Lipinski definition) is 1. The fourth-order valence-electron chi connectivity index (χ4n) is 1.24. The van der Waals surface area contributed by atoms with Crippen LogP contribution in [0.4, 0.5) is 0 Å². The molecule has 1 nitrogen and oxygen atoms in total. The second-order valence-electron chi connectivity index (χ2n) is 3.01. The zero-order chi connectivity index (χ0) is 10.3. The third-order valence-corrected chi connectivity index (χ3v) is 1.85. The quantitative estimate of drug-likeness (QED) is 0.740. The van der Waals surface area contributed by atoms with Crippen LogP contribution in [0.25, 0.3) is 0 Å². The van der Waals surface area contributed by atoms with Crippen molar-refractivity contribution in [2.45, 2.75) is 40.2 Å². The van der Waals surface area contributed by atoms with E-state index in [9.17, 15) is 0 Å². The van der Waals surface area contributed by atoms with E-state index in [4.69, 9.17) is 5.11 Å². The topological polar surface area (TPSA) is 20.2 Å². The molecule has 0 fully saturated rings. The second kappa shape index (κ2) is 6.67. The predicted molar refractivity (Wildman–Crippen MR) is 57.8 cm³/mol. The highest BCUT2D eigenvalue weighted by Gasteiger charge is 2.02. The van der Waals surface area contributed by atoms with Crippen molar-refractivity contribution in [3.63, 3.8) is 0 Å². The van der Waals surface area contributed by atoms with Gasteiger partial charge in [-0.05, 0) is 17.0 Å². The van der Waals surface area contributed by atoms with E-state index < -0.39 is 0 Å². The Morgan fingerprint density at radius 3 is 2.08 bits per heavy atom. The summed E-state index contributed by atoms with van der Waals surface area (Å²) in [6.07, 6.45) is 0. The van der Waals surface area contributed by atoms with Crippen molar-refractivity contribution >= 4 is 0 Å². The number of hydrogen-bond acceptors (Lipinski definition) is 1. The van der Waals surface area contributed by atoms with Crippen molar-refractivity contribution in [3.8, 4) is 0 Å². The molecule has 74 valence electrons. The van der Waals surface area contributed by atoms with Gasteiger partial charge in [-0.1, -0.05) is 52.0 Å². The van der Waals surface area contributed by atoms with Crippen molar-refractivity contribution in [1.82, 2.24) is 0 Å². The summed E-state index contributed by atoms with van der Waals surface area (Å²) in [6.45, 7) is 8.41. The molecule has 0 aliphatic rings. The summed E-state index contributed by atoms with van der Waals surface area (Å²) in [5.74, 6) is 0.498. The third kappa shape index (κ3) is 3.60. The predicted octanol–water partition coefficient (Wildman–Crippen LogP) is 3.33. The Hall–Kier alpha value is -0.820. The van der Waals surface area contributed by atoms with Crippen LogP contribution < -0.4 is 0 Å². The van der Waals surface area contributed by atoms with Gasteiger partial charge in [-0.25, -0.2) is 0 Å². The highest BCUT2D eigenvalue weighted by molar-refractivity contribution is 5.28. The fourth-order valence-corrected chi connectivity index (χ4v) is 1.24. The molecule has 1 N–H and O–H groups in total. The van der Waals surface area contributed by atoms with Gasteiger partial charge in [0.15, 0.2) is 0 Å². The molecule has 0 aliphatic carbocycles. The first-order valence-corrected chi connectivity index (χ1v) is 4.94. The molecule has 0 saturated heterocycles. The van der Waals surface area contributed by atoms with Crippen molar-refractivity contribution < 1.29 is 5.11 Å². The lowest BCUT2D eigenvalue weighted by atomic mass is 9.98. The Kier molecular flexibility index (Phi) is 6.25. The maximum absolute atomic E-state index is 8.97. The normalized spacial score (nSPS) is 9.38. The van der Waals surface area contributed by atoms with Gasteiger partial charge in [-0.3, -0.25) is 0 Å². The SMILES string of the molecule is CC.CC(C)c1ccccc1CO. The Bertz CT molecular complexity index is 228. The van der Waals surface area contributed by atoms with E-state index in [-0.39, 0.29) is 6.61 Å². The molecule has 0 atom stereocenters. The van der Waals surface area contributed by atoms with Gasteiger partial charge in [0.2, 0.25) is 0 Å². The van der Waals surface area contributed by atoms with Crippen molar-refractivity contribution in [3.05, 3.63) is 35.4 Å². The monoisotopic (exact) mass is 180 g/mol. The van der Waals surface area contributed by atoms with Crippen LogP contribution in [0.2, 0.25) is 0 Å². The first-order valence-electron chi connectivity index (χ1n) is 4.94. The van der Waals surface area contributed by atoms with Crippen molar-refractivity contribution in [2.75, 3.05) is 0 Å². The van der Waals surface area contributed by atoms with Crippen LogP contribution >= 0.6 is 0 Å². The van der Waals surface area contributed by atoms with Gasteiger partial charge < -0.3 is 5.11 Å². The molecular weight excluding hydrogens is 160 g/mol. The third-order valence-electron chi connectivity index (χ3n) is 1.85. The number of benzene rings is 1. The zero-order valence-electron chi connectivity index (χ0n) is 9.04. The largest absolute Gasteiger partial charge is 0.392 e. The van der Waals surface area contributed by atoms with E-state index in [1.165, 1.54) is 5.56 Å². The molecule has 1 rings (SSSR count). The lowest BCUT2D eigenvalue weighted by Gasteiger charge is -2.09. The molecule has 0 spiro atoms. The molecule has 1 aromatic carbocycles. The van der Waals surface area contributed by atoms with Crippen molar-refractivity contribution in [1.29, 1.82) is 0 Å². The lowest BCUT2D eigenvalue weighted by Crippen LogP contribution is -1.94. The molecule has 0 aromatic heterocycles. The van der Waals surface area contributed by atoms with Crippen LogP contribution in [0.1, 0.15) is 44.7 Å². The molecular formula is C12H20O. The van der Waals surface area contributed by atoms with Crippen LogP contribution in [0.3, 0.4) is 0 Å². The first kappa shape index (κ1) is 12.2. The van der Waals surface area contributed by atoms with Gasteiger partial charge in [0.25, 0.3) is 0 Å². The van der Waals surface area contributed by atoms with E-state index in [0.717, 1.165) is 5.56 Å². The van der Waals surface area contributed by atoms with Crippen LogP contribution in [0.5, 0.6) is 0 Å². The van der Waals surface area contributed by atoms with E-state index in [1.807, 2.05) is 32.0 Å². The highest BCUT2D eigenvalue weighted by atomic mass is 16.3. The minimum absolute atomic E-state index is 0.147. The zero-order valence-corrected chi connectivity index (χ0v) is 9.04. The van der Waals surface area contributed by atoms with Gasteiger partial charge >= 0.3 is 0 Å². The molecule has 0 unspecified atom stereocenters. The maximum atomic E-state index is 8.97. The van der Waals surface area contributed by atoms with Gasteiger partial charge in [0.05, 0.1) is 6.61 Å². The van der Waals surface area contributed by atoms with Crippen molar-refractivity contribution in [2.24, 2.45) is 0 Å². The summed E-state index contributed by atoms with van der Waals surface area (Å²) >= 11 is 0. The molecule has 1 heteroatoms. The Morgan fingerprint density at radius 1 is 1.15 bits per heavy atom. The number of aliphatic hydroxyl groups excluding tert-OH is 1. The van der Waals surface area contributed by atoms with E-state index >= 15 is 0 Å². The molecule has 0 aliphatic heterocycles. The fraction of sp³-hybridized carbons (Fsp3) is 0.500. The van der Waals surface area contributed by atoms with E-state index in [0.29, 0.717) is 5.92 Å². The molecule has 0 saturated carbocycles. The smallest absolute Gasteiger partial charge is 0.0684 e. The van der Waals surface area contributed by atoms with Crippen LogP contribution in [-0.2, 0) is 6.61 Å². The van der Waals surface area contributed by atoms with Crippen LogP contribution in [0.15, 0.2) is 24.3 Å². The number of rotatable bonds is 2. The average Bonchev–Trinajstić information content (AvgIpc) is 2.20. The standard InChI is InChI=1S/C10H14O.C2H6/c1-8(2)10-6-4-3-5-9(10)7-11;1-2/h3-6,8,11H,7H2,1-2H3;1-2H3. The average molecular weight is 180 g/mol. The Morgan fingerprint density at radius 2 is 1.69 bits per heavy atom. The van der Waals surface area contributed by atoms with Gasteiger partial charge in [-0.15, -0.1) is 0 Å². The van der Waals surface area contributed by atoms with E-state index in [1.54, 1.807) is 0 Å². The Balaban J connectivity index is 0.000000671. The maximum Gasteiger partial charge on any atom is 0.0684 e. The highest BCUT2D eigenvalue weighted by Crippen LogP contribution is 2.18. The van der Waals surface area contributed by atoms with Gasteiger partial charge in [-0.2, -0.15) is 0 Å². The minimum atomic E-state index is 0.147.